The second-order valence-electron chi connectivity index (χ2n) is 4.04. The molecule has 0 radical (unpaired) electrons. The minimum Gasteiger partial charge on any atom is -0.456 e. The summed E-state index contributed by atoms with van der Waals surface area (Å²) in [4.78, 5) is 10.4. The van der Waals surface area contributed by atoms with Gasteiger partial charge in [-0.15, -0.1) is 8.78 Å². The number of benzene rings is 1. The van der Waals surface area contributed by atoms with Gasteiger partial charge in [0.15, 0.2) is 11.5 Å². The SMILES string of the molecule is O=COC1(c2ccc3c(c2)OC(F)(F)O3)CC1. The molecule has 0 aromatic heterocycles. The molecule has 0 amide bonds. The first-order valence-electron chi connectivity index (χ1n) is 5.07. The summed E-state index contributed by atoms with van der Waals surface area (Å²) in [7, 11) is 0. The average Bonchev–Trinajstić information content (AvgIpc) is 2.94. The Morgan fingerprint density at radius 2 is 1.94 bits per heavy atom. The van der Waals surface area contributed by atoms with Gasteiger partial charge in [0.05, 0.1) is 0 Å². The maximum Gasteiger partial charge on any atom is 0.586 e. The summed E-state index contributed by atoms with van der Waals surface area (Å²) in [5.41, 5.74) is -0.0254. The molecule has 90 valence electrons. The van der Waals surface area contributed by atoms with Crippen molar-refractivity contribution < 1.29 is 27.8 Å². The van der Waals surface area contributed by atoms with Crippen LogP contribution < -0.4 is 9.47 Å². The molecule has 1 aliphatic heterocycles. The molecule has 1 fully saturated rings. The normalized spacial score (nSPS) is 22.0. The molecule has 3 rings (SSSR count). The molecule has 2 aliphatic rings. The van der Waals surface area contributed by atoms with E-state index in [4.69, 9.17) is 4.74 Å². The van der Waals surface area contributed by atoms with Crippen molar-refractivity contribution in [3.63, 3.8) is 0 Å². The Morgan fingerprint density at radius 3 is 2.59 bits per heavy atom. The molecule has 4 nitrogen and oxygen atoms in total. The Kier molecular flexibility index (Phi) is 1.87. The maximum absolute atomic E-state index is 12.8. The smallest absolute Gasteiger partial charge is 0.456 e. The van der Waals surface area contributed by atoms with Crippen LogP contribution in [0.2, 0.25) is 0 Å². The highest BCUT2D eigenvalue weighted by molar-refractivity contribution is 5.49. The van der Waals surface area contributed by atoms with Crippen molar-refractivity contribution in [3.05, 3.63) is 23.8 Å². The average molecular weight is 242 g/mol. The third-order valence-corrected chi connectivity index (χ3v) is 2.91. The van der Waals surface area contributed by atoms with Gasteiger partial charge in [0, 0.05) is 0 Å². The third kappa shape index (κ3) is 1.60. The van der Waals surface area contributed by atoms with E-state index in [0.29, 0.717) is 24.9 Å². The molecular weight excluding hydrogens is 234 g/mol. The van der Waals surface area contributed by atoms with Crippen molar-refractivity contribution in [3.8, 4) is 11.5 Å². The first-order valence-corrected chi connectivity index (χ1v) is 5.07. The minimum atomic E-state index is -3.62. The molecule has 1 aliphatic carbocycles. The summed E-state index contributed by atoms with van der Waals surface area (Å²) in [5.74, 6) is -0.0473. The molecule has 1 aromatic carbocycles. The van der Waals surface area contributed by atoms with Crippen molar-refractivity contribution in [1.29, 1.82) is 0 Å². The van der Waals surface area contributed by atoms with Gasteiger partial charge in [-0.2, -0.15) is 0 Å². The van der Waals surface area contributed by atoms with Crippen LogP contribution in [0.15, 0.2) is 18.2 Å². The van der Waals surface area contributed by atoms with Crippen LogP contribution in [0, 0.1) is 0 Å². The number of hydrogen-bond donors (Lipinski definition) is 0. The fourth-order valence-corrected chi connectivity index (χ4v) is 1.91. The number of alkyl halides is 2. The van der Waals surface area contributed by atoms with E-state index < -0.39 is 11.9 Å². The van der Waals surface area contributed by atoms with E-state index in [9.17, 15) is 13.6 Å². The molecule has 0 N–H and O–H groups in total. The number of hydrogen-bond acceptors (Lipinski definition) is 4. The van der Waals surface area contributed by atoms with Crippen molar-refractivity contribution in [1.82, 2.24) is 0 Å². The van der Waals surface area contributed by atoms with Gasteiger partial charge in [-0.3, -0.25) is 4.79 Å². The van der Waals surface area contributed by atoms with Gasteiger partial charge in [0.2, 0.25) is 0 Å². The van der Waals surface area contributed by atoms with Crippen LogP contribution in [0.25, 0.3) is 0 Å². The van der Waals surface area contributed by atoms with Gasteiger partial charge in [-0.1, -0.05) is 6.07 Å². The molecule has 0 bridgehead atoms. The van der Waals surface area contributed by atoms with Gasteiger partial charge in [0.1, 0.15) is 5.60 Å². The van der Waals surface area contributed by atoms with Crippen LogP contribution in [0.5, 0.6) is 11.5 Å². The minimum absolute atomic E-state index is 0.0133. The monoisotopic (exact) mass is 242 g/mol. The number of ether oxygens (including phenoxy) is 3. The van der Waals surface area contributed by atoms with Crippen molar-refractivity contribution in [2.24, 2.45) is 0 Å². The predicted molar refractivity (Wildman–Crippen MR) is 50.7 cm³/mol. The zero-order valence-corrected chi connectivity index (χ0v) is 8.61. The Labute approximate surface area is 95.1 Å². The highest BCUT2D eigenvalue weighted by Gasteiger charge is 2.49. The lowest BCUT2D eigenvalue weighted by atomic mass is 10.1. The summed E-state index contributed by atoms with van der Waals surface area (Å²) in [5, 5.41) is 0. The van der Waals surface area contributed by atoms with Gasteiger partial charge in [-0.05, 0) is 30.5 Å². The van der Waals surface area contributed by atoms with E-state index in [-0.39, 0.29) is 11.5 Å². The third-order valence-electron chi connectivity index (χ3n) is 2.91. The lowest BCUT2D eigenvalue weighted by Gasteiger charge is -2.13. The Morgan fingerprint density at radius 1 is 1.24 bits per heavy atom. The fraction of sp³-hybridized carbons (Fsp3) is 0.364. The topological polar surface area (TPSA) is 44.8 Å². The molecule has 6 heteroatoms. The number of rotatable bonds is 3. The van der Waals surface area contributed by atoms with Crippen molar-refractivity contribution in [2.45, 2.75) is 24.7 Å². The summed E-state index contributed by atoms with van der Waals surface area (Å²) >= 11 is 0. The Balaban J connectivity index is 1.94. The zero-order chi connectivity index (χ0) is 12.1. The first-order chi connectivity index (χ1) is 8.05. The van der Waals surface area contributed by atoms with Crippen LogP contribution in [-0.4, -0.2) is 12.8 Å². The number of halogens is 2. The quantitative estimate of drug-likeness (QED) is 0.762. The molecular formula is C11H8F2O4. The summed E-state index contributed by atoms with van der Waals surface area (Å²) < 4.78 is 39.2. The highest BCUT2D eigenvalue weighted by atomic mass is 19.3. The van der Waals surface area contributed by atoms with Gasteiger partial charge in [0.25, 0.3) is 6.47 Å². The van der Waals surface area contributed by atoms with Crippen molar-refractivity contribution in [2.75, 3.05) is 0 Å². The lowest BCUT2D eigenvalue weighted by molar-refractivity contribution is -0.286. The largest absolute Gasteiger partial charge is 0.586 e. The molecule has 1 aromatic rings. The number of carbonyl (C=O) groups is 1. The van der Waals surface area contributed by atoms with E-state index in [0.717, 1.165) is 0 Å². The zero-order valence-electron chi connectivity index (χ0n) is 8.61. The Hall–Kier alpha value is -1.85. The summed E-state index contributed by atoms with van der Waals surface area (Å²) in [6.45, 7) is 0.367. The van der Waals surface area contributed by atoms with E-state index in [1.54, 1.807) is 6.07 Å². The number of fused-ring (bicyclic) bond motifs is 1. The summed E-state index contributed by atoms with van der Waals surface area (Å²) in [6, 6.07) is 4.41. The van der Waals surface area contributed by atoms with E-state index in [1.807, 2.05) is 0 Å². The first kappa shape index (κ1) is 10.3. The van der Waals surface area contributed by atoms with Crippen LogP contribution in [0.3, 0.4) is 0 Å². The molecule has 1 saturated carbocycles. The molecule has 0 spiro atoms. The molecule has 1 heterocycles. The van der Waals surface area contributed by atoms with Crippen molar-refractivity contribution >= 4 is 6.47 Å². The molecule has 0 unspecified atom stereocenters. The number of carbonyl (C=O) groups excluding carboxylic acids is 1. The van der Waals surface area contributed by atoms with Gasteiger partial charge >= 0.3 is 6.29 Å². The van der Waals surface area contributed by atoms with Crippen LogP contribution in [0.1, 0.15) is 18.4 Å². The van der Waals surface area contributed by atoms with E-state index in [1.165, 1.54) is 12.1 Å². The molecule has 0 saturated heterocycles. The maximum atomic E-state index is 12.8. The predicted octanol–water partition coefficient (Wildman–Crippen LogP) is 2.17. The fourth-order valence-electron chi connectivity index (χ4n) is 1.91. The lowest BCUT2D eigenvalue weighted by Crippen LogP contribution is -2.25. The second kappa shape index (κ2) is 3.09. The van der Waals surface area contributed by atoms with Crippen LogP contribution in [-0.2, 0) is 15.1 Å². The highest BCUT2D eigenvalue weighted by Crippen LogP contribution is 2.51. The molecule has 0 atom stereocenters. The van der Waals surface area contributed by atoms with Crippen LogP contribution >= 0.6 is 0 Å². The standard InChI is InChI=1S/C11H8F2O4/c12-11(13)16-8-2-1-7(5-9(8)17-11)10(3-4-10)15-6-14/h1-2,5-6H,3-4H2. The summed E-state index contributed by atoms with van der Waals surface area (Å²) in [6.07, 6.45) is -2.26. The van der Waals surface area contributed by atoms with Gasteiger partial charge in [-0.25, -0.2) is 0 Å². The Bertz CT molecular complexity index is 482. The van der Waals surface area contributed by atoms with Gasteiger partial charge < -0.3 is 14.2 Å². The van der Waals surface area contributed by atoms with Crippen LogP contribution in [0.4, 0.5) is 8.78 Å². The molecule has 17 heavy (non-hydrogen) atoms. The second-order valence-corrected chi connectivity index (χ2v) is 4.04. The van der Waals surface area contributed by atoms with E-state index in [2.05, 4.69) is 9.47 Å². The van der Waals surface area contributed by atoms with E-state index >= 15 is 0 Å².